The van der Waals surface area contributed by atoms with Crippen LogP contribution in [-0.4, -0.2) is 29.8 Å². The van der Waals surface area contributed by atoms with Crippen LogP contribution in [0.5, 0.6) is 0 Å². The van der Waals surface area contributed by atoms with Crippen LogP contribution in [0.4, 0.5) is 4.79 Å². The monoisotopic (exact) mass is 399 g/mol. The van der Waals surface area contributed by atoms with E-state index in [9.17, 15) is 9.59 Å². The minimum Gasteiger partial charge on any atom is -0.459 e. The quantitative estimate of drug-likeness (QED) is 0.673. The molecule has 0 aliphatic heterocycles. The number of nitrogens with one attached hydrogen (secondary N) is 1. The van der Waals surface area contributed by atoms with E-state index < -0.39 is 29.8 Å². The third-order valence-corrected chi connectivity index (χ3v) is 3.95. The highest BCUT2D eigenvalue weighted by molar-refractivity contribution is 5.77. The van der Waals surface area contributed by atoms with Crippen molar-refractivity contribution in [3.63, 3.8) is 0 Å². The summed E-state index contributed by atoms with van der Waals surface area (Å²) in [6.07, 6.45) is -1.59. The van der Waals surface area contributed by atoms with Gasteiger partial charge in [-0.1, -0.05) is 60.7 Å². The molecule has 1 amide bonds. The molecule has 29 heavy (non-hydrogen) atoms. The standard InChI is InChI=1S/C23H29NO5/c1-17(24-22(26)28-16-19-13-9-6-10-14-19)20(29-23(2,3)4)21(25)27-15-18-11-7-5-8-12-18/h5-14,17,20H,15-16H2,1-4H3,(H,24,26)/t17-,20-/m1/s1. The molecule has 0 bridgehead atoms. The van der Waals surface area contributed by atoms with E-state index in [-0.39, 0.29) is 13.2 Å². The predicted octanol–water partition coefficient (Wildman–Crippen LogP) is 4.23. The molecule has 0 spiro atoms. The molecule has 0 fully saturated rings. The Hall–Kier alpha value is -2.86. The zero-order chi connectivity index (χ0) is 21.3. The van der Waals surface area contributed by atoms with Crippen molar-refractivity contribution in [2.75, 3.05) is 0 Å². The smallest absolute Gasteiger partial charge is 0.407 e. The van der Waals surface area contributed by atoms with E-state index in [4.69, 9.17) is 14.2 Å². The first-order chi connectivity index (χ1) is 13.7. The lowest BCUT2D eigenvalue weighted by Gasteiger charge is -2.30. The predicted molar refractivity (Wildman–Crippen MR) is 110 cm³/mol. The molecule has 6 nitrogen and oxygen atoms in total. The van der Waals surface area contributed by atoms with Gasteiger partial charge >= 0.3 is 12.1 Å². The summed E-state index contributed by atoms with van der Waals surface area (Å²) < 4.78 is 16.5. The van der Waals surface area contributed by atoms with Gasteiger partial charge in [-0.05, 0) is 38.8 Å². The number of hydrogen-bond donors (Lipinski definition) is 1. The Balaban J connectivity index is 1.94. The summed E-state index contributed by atoms with van der Waals surface area (Å²) in [5, 5.41) is 2.66. The van der Waals surface area contributed by atoms with Crippen LogP contribution in [-0.2, 0) is 32.2 Å². The number of rotatable bonds is 8. The van der Waals surface area contributed by atoms with Crippen molar-refractivity contribution in [1.82, 2.24) is 5.32 Å². The van der Waals surface area contributed by atoms with Gasteiger partial charge in [0.2, 0.25) is 0 Å². The van der Waals surface area contributed by atoms with Crippen molar-refractivity contribution in [1.29, 1.82) is 0 Å². The maximum absolute atomic E-state index is 12.7. The van der Waals surface area contributed by atoms with Crippen molar-refractivity contribution < 1.29 is 23.8 Å². The molecule has 2 rings (SSSR count). The molecule has 6 heteroatoms. The Labute approximate surface area is 172 Å². The zero-order valence-corrected chi connectivity index (χ0v) is 17.4. The van der Waals surface area contributed by atoms with E-state index in [1.54, 1.807) is 6.92 Å². The van der Waals surface area contributed by atoms with Crippen molar-refractivity contribution in [2.45, 2.75) is 58.7 Å². The summed E-state index contributed by atoms with van der Waals surface area (Å²) in [6, 6.07) is 18.1. The molecule has 0 unspecified atom stereocenters. The van der Waals surface area contributed by atoms with E-state index in [1.807, 2.05) is 81.4 Å². The summed E-state index contributed by atoms with van der Waals surface area (Å²) in [4.78, 5) is 24.8. The Kier molecular flexibility index (Phi) is 8.21. The number of alkyl carbamates (subject to hydrolysis) is 1. The summed E-state index contributed by atoms with van der Waals surface area (Å²) in [5.74, 6) is -0.542. The van der Waals surface area contributed by atoms with Gasteiger partial charge in [0.15, 0.2) is 6.10 Å². The topological polar surface area (TPSA) is 73.9 Å². The van der Waals surface area contributed by atoms with Crippen molar-refractivity contribution in [3.8, 4) is 0 Å². The second-order valence-electron chi connectivity index (χ2n) is 7.74. The lowest BCUT2D eigenvalue weighted by Crippen LogP contribution is -2.49. The highest BCUT2D eigenvalue weighted by Gasteiger charge is 2.33. The first-order valence-corrected chi connectivity index (χ1v) is 9.60. The van der Waals surface area contributed by atoms with E-state index in [0.29, 0.717) is 0 Å². The van der Waals surface area contributed by atoms with Crippen LogP contribution in [0.25, 0.3) is 0 Å². The van der Waals surface area contributed by atoms with Crippen LogP contribution in [0, 0.1) is 0 Å². The molecular weight excluding hydrogens is 370 g/mol. The van der Waals surface area contributed by atoms with Crippen LogP contribution >= 0.6 is 0 Å². The lowest BCUT2D eigenvalue weighted by atomic mass is 10.1. The molecule has 0 aliphatic rings. The fraction of sp³-hybridized carbons (Fsp3) is 0.391. The zero-order valence-electron chi connectivity index (χ0n) is 17.4. The van der Waals surface area contributed by atoms with Gasteiger partial charge in [0, 0.05) is 0 Å². The van der Waals surface area contributed by atoms with E-state index >= 15 is 0 Å². The van der Waals surface area contributed by atoms with Crippen molar-refractivity contribution in [2.24, 2.45) is 0 Å². The summed E-state index contributed by atoms with van der Waals surface area (Å²) in [6.45, 7) is 7.47. The van der Waals surface area contributed by atoms with Crippen LogP contribution < -0.4 is 5.32 Å². The van der Waals surface area contributed by atoms with Gasteiger partial charge in [-0.2, -0.15) is 0 Å². The number of esters is 1. The van der Waals surface area contributed by atoms with Crippen molar-refractivity contribution in [3.05, 3.63) is 71.8 Å². The van der Waals surface area contributed by atoms with Gasteiger partial charge in [0.1, 0.15) is 13.2 Å². The number of benzene rings is 2. The highest BCUT2D eigenvalue weighted by Crippen LogP contribution is 2.16. The molecule has 0 aliphatic carbocycles. The Morgan fingerprint density at radius 1 is 0.862 bits per heavy atom. The van der Waals surface area contributed by atoms with Crippen LogP contribution in [0.3, 0.4) is 0 Å². The molecule has 2 aromatic carbocycles. The minimum atomic E-state index is -0.969. The van der Waals surface area contributed by atoms with E-state index in [0.717, 1.165) is 11.1 Å². The summed E-state index contributed by atoms with van der Waals surface area (Å²) in [7, 11) is 0. The average molecular weight is 399 g/mol. The molecule has 0 radical (unpaired) electrons. The molecule has 0 saturated carbocycles. The highest BCUT2D eigenvalue weighted by atomic mass is 16.6. The van der Waals surface area contributed by atoms with E-state index in [1.165, 1.54) is 0 Å². The fourth-order valence-corrected chi connectivity index (χ4v) is 2.57. The van der Waals surface area contributed by atoms with Gasteiger partial charge in [-0.15, -0.1) is 0 Å². The Morgan fingerprint density at radius 3 is 1.83 bits per heavy atom. The molecule has 156 valence electrons. The van der Waals surface area contributed by atoms with Crippen LogP contribution in [0.15, 0.2) is 60.7 Å². The third-order valence-electron chi connectivity index (χ3n) is 3.95. The molecule has 0 aromatic heterocycles. The minimum absolute atomic E-state index is 0.134. The lowest BCUT2D eigenvalue weighted by molar-refractivity contribution is -0.170. The molecule has 1 N–H and O–H groups in total. The molecule has 0 saturated heterocycles. The largest absolute Gasteiger partial charge is 0.459 e. The van der Waals surface area contributed by atoms with Gasteiger partial charge in [0.05, 0.1) is 11.6 Å². The fourth-order valence-electron chi connectivity index (χ4n) is 2.57. The molecule has 2 aromatic rings. The second-order valence-corrected chi connectivity index (χ2v) is 7.74. The SMILES string of the molecule is C[C@@H](NC(=O)OCc1ccccc1)[C@@H](OC(C)(C)C)C(=O)OCc1ccccc1. The van der Waals surface area contributed by atoms with Crippen LogP contribution in [0.1, 0.15) is 38.8 Å². The van der Waals surface area contributed by atoms with Crippen LogP contribution in [0.2, 0.25) is 0 Å². The van der Waals surface area contributed by atoms with Gasteiger partial charge in [-0.25, -0.2) is 9.59 Å². The van der Waals surface area contributed by atoms with Gasteiger partial charge in [0.25, 0.3) is 0 Å². The molecule has 0 heterocycles. The number of carbonyl (C=O) groups excluding carboxylic acids is 2. The number of amides is 1. The Morgan fingerprint density at radius 2 is 1.34 bits per heavy atom. The van der Waals surface area contributed by atoms with Gasteiger partial charge < -0.3 is 19.5 Å². The normalized spacial score (nSPS) is 13.2. The number of ether oxygens (including phenoxy) is 3. The first kappa shape index (κ1) is 22.4. The third kappa shape index (κ3) is 8.35. The van der Waals surface area contributed by atoms with Gasteiger partial charge in [-0.3, -0.25) is 0 Å². The Bertz CT molecular complexity index is 771. The number of hydrogen-bond acceptors (Lipinski definition) is 5. The summed E-state index contributed by atoms with van der Waals surface area (Å²) >= 11 is 0. The molecule has 2 atom stereocenters. The number of carbonyl (C=O) groups is 2. The maximum atomic E-state index is 12.7. The first-order valence-electron chi connectivity index (χ1n) is 9.60. The maximum Gasteiger partial charge on any atom is 0.407 e. The summed E-state index contributed by atoms with van der Waals surface area (Å²) in [5.41, 5.74) is 1.15. The second kappa shape index (κ2) is 10.6. The van der Waals surface area contributed by atoms with E-state index in [2.05, 4.69) is 5.32 Å². The molecular formula is C23H29NO5. The van der Waals surface area contributed by atoms with Crippen molar-refractivity contribution >= 4 is 12.1 Å². The average Bonchev–Trinajstić information content (AvgIpc) is 2.69.